The SMILES string of the molecule is CC(C)(C)c1cccc2c1C(C)(C)c1ccccc1N2. The first-order chi connectivity index (χ1) is 9.32. The molecule has 3 rings (SSSR count). The van der Waals surface area contributed by atoms with Gasteiger partial charge in [0.05, 0.1) is 0 Å². The Morgan fingerprint density at radius 1 is 0.850 bits per heavy atom. The fourth-order valence-electron chi connectivity index (χ4n) is 3.37. The zero-order valence-electron chi connectivity index (χ0n) is 13.0. The lowest BCUT2D eigenvalue weighted by molar-refractivity contribution is 0.549. The van der Waals surface area contributed by atoms with E-state index in [1.165, 1.54) is 28.1 Å². The van der Waals surface area contributed by atoms with E-state index in [-0.39, 0.29) is 10.8 Å². The molecule has 2 aromatic carbocycles. The largest absolute Gasteiger partial charge is 0.355 e. The molecule has 1 heteroatoms. The maximum absolute atomic E-state index is 3.61. The first-order valence-electron chi connectivity index (χ1n) is 7.32. The average molecular weight is 265 g/mol. The van der Waals surface area contributed by atoms with Gasteiger partial charge in [0.2, 0.25) is 0 Å². The Morgan fingerprint density at radius 3 is 2.20 bits per heavy atom. The average Bonchev–Trinajstić information content (AvgIpc) is 2.37. The van der Waals surface area contributed by atoms with Crippen molar-refractivity contribution >= 4 is 11.4 Å². The number of anilines is 2. The molecule has 1 aliphatic heterocycles. The third-order valence-corrected chi connectivity index (χ3v) is 4.37. The second kappa shape index (κ2) is 4.12. The Balaban J connectivity index is 2.31. The monoisotopic (exact) mass is 265 g/mol. The van der Waals surface area contributed by atoms with Gasteiger partial charge in [0, 0.05) is 16.8 Å². The maximum atomic E-state index is 3.61. The molecule has 0 aromatic heterocycles. The molecule has 0 saturated carbocycles. The molecular formula is C19H23N. The molecular weight excluding hydrogens is 242 g/mol. The van der Waals surface area contributed by atoms with Crippen molar-refractivity contribution in [3.8, 4) is 0 Å². The van der Waals surface area contributed by atoms with Crippen molar-refractivity contribution in [2.75, 3.05) is 5.32 Å². The standard InChI is InChI=1S/C19H23N/c1-18(2,3)14-10-8-12-16-17(14)19(4,5)13-9-6-7-11-15(13)20-16/h6-12,20H,1-5H3. The Morgan fingerprint density at radius 2 is 1.50 bits per heavy atom. The molecule has 0 saturated heterocycles. The lowest BCUT2D eigenvalue weighted by Gasteiger charge is -2.39. The first-order valence-corrected chi connectivity index (χ1v) is 7.32. The van der Waals surface area contributed by atoms with Crippen molar-refractivity contribution < 1.29 is 0 Å². The summed E-state index contributed by atoms with van der Waals surface area (Å²) in [6.07, 6.45) is 0. The molecule has 104 valence electrons. The van der Waals surface area contributed by atoms with Gasteiger partial charge in [-0.2, -0.15) is 0 Å². The van der Waals surface area contributed by atoms with E-state index in [4.69, 9.17) is 0 Å². The number of rotatable bonds is 0. The summed E-state index contributed by atoms with van der Waals surface area (Å²) in [5.41, 5.74) is 6.91. The van der Waals surface area contributed by atoms with Gasteiger partial charge in [-0.3, -0.25) is 0 Å². The minimum Gasteiger partial charge on any atom is -0.355 e. The highest BCUT2D eigenvalue weighted by molar-refractivity contribution is 5.77. The molecule has 20 heavy (non-hydrogen) atoms. The molecule has 2 aromatic rings. The van der Waals surface area contributed by atoms with Crippen LogP contribution < -0.4 is 5.32 Å². The highest BCUT2D eigenvalue weighted by atomic mass is 14.9. The molecule has 1 heterocycles. The van der Waals surface area contributed by atoms with Gasteiger partial charge in [0.25, 0.3) is 0 Å². The quantitative estimate of drug-likeness (QED) is 0.675. The van der Waals surface area contributed by atoms with Gasteiger partial charge in [-0.25, -0.2) is 0 Å². The molecule has 1 nitrogen and oxygen atoms in total. The van der Waals surface area contributed by atoms with Crippen molar-refractivity contribution in [1.82, 2.24) is 0 Å². The fourth-order valence-corrected chi connectivity index (χ4v) is 3.37. The highest BCUT2D eigenvalue weighted by Gasteiger charge is 2.36. The second-order valence-electron chi connectivity index (χ2n) is 7.27. The summed E-state index contributed by atoms with van der Waals surface area (Å²) in [5, 5.41) is 3.61. The fraction of sp³-hybridized carbons (Fsp3) is 0.368. The topological polar surface area (TPSA) is 12.0 Å². The van der Waals surface area contributed by atoms with Crippen LogP contribution in [0, 0.1) is 0 Å². The van der Waals surface area contributed by atoms with E-state index < -0.39 is 0 Å². The van der Waals surface area contributed by atoms with E-state index in [1.54, 1.807) is 0 Å². The number of nitrogens with one attached hydrogen (secondary N) is 1. The molecule has 0 fully saturated rings. The van der Waals surface area contributed by atoms with Crippen LogP contribution in [-0.4, -0.2) is 0 Å². The van der Waals surface area contributed by atoms with Crippen LogP contribution >= 0.6 is 0 Å². The molecule has 0 unspecified atom stereocenters. The predicted octanol–water partition coefficient (Wildman–Crippen LogP) is 5.37. The molecule has 0 atom stereocenters. The molecule has 1 N–H and O–H groups in total. The summed E-state index contributed by atoms with van der Waals surface area (Å²) >= 11 is 0. The van der Waals surface area contributed by atoms with E-state index in [9.17, 15) is 0 Å². The third kappa shape index (κ3) is 1.84. The van der Waals surface area contributed by atoms with Crippen LogP contribution in [0.3, 0.4) is 0 Å². The summed E-state index contributed by atoms with van der Waals surface area (Å²) in [7, 11) is 0. The van der Waals surface area contributed by atoms with Crippen molar-refractivity contribution in [1.29, 1.82) is 0 Å². The van der Waals surface area contributed by atoms with Crippen LogP contribution in [0.25, 0.3) is 0 Å². The molecule has 0 spiro atoms. The number of para-hydroxylation sites is 1. The van der Waals surface area contributed by atoms with Gasteiger partial charge in [-0.1, -0.05) is 65.0 Å². The van der Waals surface area contributed by atoms with E-state index in [0.717, 1.165) is 0 Å². The summed E-state index contributed by atoms with van der Waals surface area (Å²) in [4.78, 5) is 0. The Kier molecular flexibility index (Phi) is 2.72. The molecule has 1 aliphatic rings. The van der Waals surface area contributed by atoms with Gasteiger partial charge in [-0.15, -0.1) is 0 Å². The normalized spacial score (nSPS) is 16.1. The summed E-state index contributed by atoms with van der Waals surface area (Å²) < 4.78 is 0. The van der Waals surface area contributed by atoms with E-state index >= 15 is 0 Å². The van der Waals surface area contributed by atoms with E-state index in [1.807, 2.05) is 0 Å². The second-order valence-corrected chi connectivity index (χ2v) is 7.27. The van der Waals surface area contributed by atoms with Crippen molar-refractivity contribution in [3.63, 3.8) is 0 Å². The van der Waals surface area contributed by atoms with Gasteiger partial charge < -0.3 is 5.32 Å². The number of benzene rings is 2. The van der Waals surface area contributed by atoms with Gasteiger partial charge in [0.1, 0.15) is 0 Å². The van der Waals surface area contributed by atoms with Crippen molar-refractivity contribution in [2.24, 2.45) is 0 Å². The van der Waals surface area contributed by atoms with Crippen LogP contribution in [0.1, 0.15) is 51.3 Å². The highest BCUT2D eigenvalue weighted by Crippen LogP contribution is 2.48. The Hall–Kier alpha value is -1.76. The van der Waals surface area contributed by atoms with Crippen LogP contribution in [-0.2, 0) is 10.8 Å². The third-order valence-electron chi connectivity index (χ3n) is 4.37. The summed E-state index contributed by atoms with van der Waals surface area (Å²) in [6.45, 7) is 11.5. The zero-order chi connectivity index (χ0) is 14.5. The number of hydrogen-bond acceptors (Lipinski definition) is 1. The molecule has 0 radical (unpaired) electrons. The minimum absolute atomic E-state index is 0.0288. The lowest BCUT2D eigenvalue weighted by atomic mass is 9.68. The minimum atomic E-state index is 0.0288. The van der Waals surface area contributed by atoms with E-state index in [0.29, 0.717) is 0 Å². The van der Waals surface area contributed by atoms with Gasteiger partial charge in [0.15, 0.2) is 0 Å². The lowest BCUT2D eigenvalue weighted by Crippen LogP contribution is -2.30. The predicted molar refractivity (Wildman–Crippen MR) is 87.0 cm³/mol. The van der Waals surface area contributed by atoms with Gasteiger partial charge in [-0.05, 0) is 34.2 Å². The van der Waals surface area contributed by atoms with Crippen molar-refractivity contribution in [2.45, 2.75) is 45.4 Å². The van der Waals surface area contributed by atoms with Crippen molar-refractivity contribution in [3.05, 3.63) is 59.2 Å². The van der Waals surface area contributed by atoms with Crippen LogP contribution in [0.4, 0.5) is 11.4 Å². The van der Waals surface area contributed by atoms with Gasteiger partial charge >= 0.3 is 0 Å². The number of fused-ring (bicyclic) bond motifs is 2. The van der Waals surface area contributed by atoms with Crippen LogP contribution in [0.15, 0.2) is 42.5 Å². The summed E-state index contributed by atoms with van der Waals surface area (Å²) in [6, 6.07) is 15.3. The first kappa shape index (κ1) is 13.2. The number of hydrogen-bond donors (Lipinski definition) is 1. The van der Waals surface area contributed by atoms with Crippen LogP contribution in [0.2, 0.25) is 0 Å². The zero-order valence-corrected chi connectivity index (χ0v) is 13.0. The Labute approximate surface area is 122 Å². The molecule has 0 amide bonds. The maximum Gasteiger partial charge on any atom is 0.0428 e. The van der Waals surface area contributed by atoms with E-state index in [2.05, 4.69) is 82.4 Å². The van der Waals surface area contributed by atoms with Crippen LogP contribution in [0.5, 0.6) is 0 Å². The summed E-state index contributed by atoms with van der Waals surface area (Å²) in [5.74, 6) is 0. The molecule has 0 aliphatic carbocycles. The molecule has 0 bridgehead atoms. The smallest absolute Gasteiger partial charge is 0.0428 e. The Bertz CT molecular complexity index is 660.